The molecule has 0 aromatic carbocycles. The molecule has 16 heavy (non-hydrogen) atoms. The number of aryl methyl sites for hydroxylation is 1. The first-order valence-corrected chi connectivity index (χ1v) is 4.85. The molecule has 1 aromatic heterocycles. The lowest BCUT2D eigenvalue weighted by Crippen LogP contribution is -2.34. The smallest absolute Gasteiger partial charge is 0.274 e. The van der Waals surface area contributed by atoms with Gasteiger partial charge in [0, 0.05) is 20.0 Å². The molecular weight excluding hydrogens is 210 g/mol. The molecule has 2 amide bonds. The number of anilines is 1. The summed E-state index contributed by atoms with van der Waals surface area (Å²) < 4.78 is 0. The van der Waals surface area contributed by atoms with Gasteiger partial charge in [-0.1, -0.05) is 0 Å². The summed E-state index contributed by atoms with van der Waals surface area (Å²) in [6.45, 7) is 3.86. The van der Waals surface area contributed by atoms with Gasteiger partial charge in [-0.2, -0.15) is 5.10 Å². The average Bonchev–Trinajstić information content (AvgIpc) is 2.54. The second-order valence-electron chi connectivity index (χ2n) is 3.35. The Labute approximate surface area is 92.8 Å². The molecule has 0 bridgehead atoms. The summed E-state index contributed by atoms with van der Waals surface area (Å²) >= 11 is 0. The number of nitrogen functional groups attached to an aromatic ring is 1. The first-order chi connectivity index (χ1) is 7.52. The van der Waals surface area contributed by atoms with Crippen LogP contribution in [0.25, 0.3) is 0 Å². The number of hydrogen-bond donors (Lipinski definition) is 4. The summed E-state index contributed by atoms with van der Waals surface area (Å²) in [5, 5.41) is 11.6. The Morgan fingerprint density at radius 2 is 2.00 bits per heavy atom. The zero-order valence-corrected chi connectivity index (χ0v) is 9.26. The summed E-state index contributed by atoms with van der Waals surface area (Å²) in [6, 6.07) is 0. The molecule has 0 saturated carbocycles. The van der Waals surface area contributed by atoms with Crippen LogP contribution >= 0.6 is 0 Å². The van der Waals surface area contributed by atoms with Gasteiger partial charge in [0.1, 0.15) is 0 Å². The van der Waals surface area contributed by atoms with E-state index in [1.165, 1.54) is 6.92 Å². The number of nitrogens with zero attached hydrogens (tertiary/aromatic N) is 1. The Bertz CT molecular complexity index is 399. The lowest BCUT2D eigenvalue weighted by molar-refractivity contribution is -0.118. The number of hydrogen-bond acceptors (Lipinski definition) is 4. The van der Waals surface area contributed by atoms with Gasteiger partial charge >= 0.3 is 0 Å². The first kappa shape index (κ1) is 12.0. The number of carbonyl (C=O) groups is 2. The molecule has 0 atom stereocenters. The van der Waals surface area contributed by atoms with Crippen molar-refractivity contribution in [3.63, 3.8) is 0 Å². The van der Waals surface area contributed by atoms with E-state index in [-0.39, 0.29) is 17.5 Å². The number of aromatic nitrogens is 2. The van der Waals surface area contributed by atoms with Gasteiger partial charge in [-0.3, -0.25) is 14.7 Å². The van der Waals surface area contributed by atoms with Gasteiger partial charge in [-0.25, -0.2) is 0 Å². The Kier molecular flexibility index (Phi) is 3.87. The van der Waals surface area contributed by atoms with E-state index in [9.17, 15) is 9.59 Å². The second kappa shape index (κ2) is 5.15. The highest BCUT2D eigenvalue weighted by molar-refractivity contribution is 5.97. The second-order valence-corrected chi connectivity index (χ2v) is 3.35. The van der Waals surface area contributed by atoms with Crippen molar-refractivity contribution in [1.82, 2.24) is 20.8 Å². The van der Waals surface area contributed by atoms with Crippen molar-refractivity contribution >= 4 is 17.5 Å². The number of nitrogens with one attached hydrogen (secondary N) is 3. The number of aromatic amines is 1. The van der Waals surface area contributed by atoms with E-state index >= 15 is 0 Å². The molecule has 5 N–H and O–H groups in total. The standard InChI is InChI=1S/C9H15N5O2/c1-5-7(10)8(14-13-5)9(16)12-4-3-11-6(2)15/h3-4,10H2,1-2H3,(H,11,15)(H,12,16)(H,13,14). The molecule has 0 aliphatic rings. The van der Waals surface area contributed by atoms with Crippen LogP contribution in [0.2, 0.25) is 0 Å². The maximum absolute atomic E-state index is 11.5. The van der Waals surface area contributed by atoms with E-state index in [0.29, 0.717) is 24.5 Å². The molecule has 88 valence electrons. The monoisotopic (exact) mass is 225 g/mol. The molecule has 0 fully saturated rings. The van der Waals surface area contributed by atoms with E-state index in [0.717, 1.165) is 0 Å². The predicted octanol–water partition coefficient (Wildman–Crippen LogP) is -0.834. The molecule has 7 nitrogen and oxygen atoms in total. The van der Waals surface area contributed by atoms with Crippen molar-refractivity contribution < 1.29 is 9.59 Å². The van der Waals surface area contributed by atoms with E-state index in [2.05, 4.69) is 20.8 Å². The van der Waals surface area contributed by atoms with Crippen molar-refractivity contribution in [3.05, 3.63) is 11.4 Å². The van der Waals surface area contributed by atoms with Gasteiger partial charge < -0.3 is 16.4 Å². The number of nitrogens with two attached hydrogens (primary N) is 1. The van der Waals surface area contributed by atoms with Crippen LogP contribution in [0.4, 0.5) is 5.69 Å². The normalized spacial score (nSPS) is 9.88. The van der Waals surface area contributed by atoms with E-state index in [4.69, 9.17) is 5.73 Å². The van der Waals surface area contributed by atoms with Gasteiger partial charge in [-0.05, 0) is 6.92 Å². The van der Waals surface area contributed by atoms with E-state index in [1.54, 1.807) is 6.92 Å². The molecule has 1 heterocycles. The van der Waals surface area contributed by atoms with Crippen LogP contribution < -0.4 is 16.4 Å². The maximum atomic E-state index is 11.5. The third-order valence-corrected chi connectivity index (χ3v) is 1.99. The van der Waals surface area contributed by atoms with Crippen LogP contribution in [0, 0.1) is 6.92 Å². The van der Waals surface area contributed by atoms with Gasteiger partial charge in [0.15, 0.2) is 5.69 Å². The Balaban J connectivity index is 2.41. The van der Waals surface area contributed by atoms with Gasteiger partial charge in [0.25, 0.3) is 5.91 Å². The fourth-order valence-electron chi connectivity index (χ4n) is 1.11. The zero-order valence-electron chi connectivity index (χ0n) is 9.26. The highest BCUT2D eigenvalue weighted by Gasteiger charge is 2.14. The van der Waals surface area contributed by atoms with E-state index in [1.807, 2.05) is 0 Å². The van der Waals surface area contributed by atoms with Crippen molar-refractivity contribution in [3.8, 4) is 0 Å². The van der Waals surface area contributed by atoms with Crippen molar-refractivity contribution in [1.29, 1.82) is 0 Å². The fourth-order valence-corrected chi connectivity index (χ4v) is 1.11. The van der Waals surface area contributed by atoms with Crippen LogP contribution in [0.5, 0.6) is 0 Å². The summed E-state index contributed by atoms with van der Waals surface area (Å²) in [5.41, 5.74) is 6.82. The number of amides is 2. The van der Waals surface area contributed by atoms with E-state index < -0.39 is 0 Å². The van der Waals surface area contributed by atoms with Crippen LogP contribution in [0.3, 0.4) is 0 Å². The topological polar surface area (TPSA) is 113 Å². The fraction of sp³-hybridized carbons (Fsp3) is 0.444. The molecule has 1 rings (SSSR count). The average molecular weight is 225 g/mol. The highest BCUT2D eigenvalue weighted by Crippen LogP contribution is 2.11. The number of H-pyrrole nitrogens is 1. The molecule has 0 saturated heterocycles. The molecule has 7 heteroatoms. The third-order valence-electron chi connectivity index (χ3n) is 1.99. The molecule has 0 aliphatic carbocycles. The summed E-state index contributed by atoms with van der Waals surface area (Å²) in [7, 11) is 0. The Hall–Kier alpha value is -2.05. The molecule has 0 radical (unpaired) electrons. The largest absolute Gasteiger partial charge is 0.395 e. The van der Waals surface area contributed by atoms with Crippen LogP contribution in [-0.4, -0.2) is 35.1 Å². The number of carbonyl (C=O) groups excluding carboxylic acids is 2. The maximum Gasteiger partial charge on any atom is 0.274 e. The lowest BCUT2D eigenvalue weighted by atomic mass is 10.3. The summed E-state index contributed by atoms with van der Waals surface area (Å²) in [6.07, 6.45) is 0. The first-order valence-electron chi connectivity index (χ1n) is 4.85. The quantitative estimate of drug-likeness (QED) is 0.501. The Morgan fingerprint density at radius 3 is 2.50 bits per heavy atom. The minimum absolute atomic E-state index is 0.135. The highest BCUT2D eigenvalue weighted by atomic mass is 16.2. The SMILES string of the molecule is CC(=O)NCCNC(=O)c1n[nH]c(C)c1N. The van der Waals surface area contributed by atoms with Crippen LogP contribution in [0.15, 0.2) is 0 Å². The van der Waals surface area contributed by atoms with Crippen molar-refractivity contribution in [2.24, 2.45) is 0 Å². The molecular formula is C9H15N5O2. The van der Waals surface area contributed by atoms with Crippen LogP contribution in [0.1, 0.15) is 23.1 Å². The Morgan fingerprint density at radius 1 is 1.38 bits per heavy atom. The van der Waals surface area contributed by atoms with Gasteiger partial charge in [0.2, 0.25) is 5.91 Å². The summed E-state index contributed by atoms with van der Waals surface area (Å²) in [5.74, 6) is -0.489. The van der Waals surface area contributed by atoms with Gasteiger partial charge in [-0.15, -0.1) is 0 Å². The van der Waals surface area contributed by atoms with Gasteiger partial charge in [0.05, 0.1) is 11.4 Å². The molecule has 0 aliphatic heterocycles. The molecule has 1 aromatic rings. The summed E-state index contributed by atoms with van der Waals surface area (Å²) in [4.78, 5) is 22.1. The lowest BCUT2D eigenvalue weighted by Gasteiger charge is -2.04. The zero-order chi connectivity index (χ0) is 12.1. The van der Waals surface area contributed by atoms with Crippen molar-refractivity contribution in [2.75, 3.05) is 18.8 Å². The number of rotatable bonds is 4. The third kappa shape index (κ3) is 2.97. The van der Waals surface area contributed by atoms with Crippen molar-refractivity contribution in [2.45, 2.75) is 13.8 Å². The minimum Gasteiger partial charge on any atom is -0.395 e. The van der Waals surface area contributed by atoms with Crippen LogP contribution in [-0.2, 0) is 4.79 Å². The molecule has 0 spiro atoms. The minimum atomic E-state index is -0.354. The predicted molar refractivity (Wildman–Crippen MR) is 58.8 cm³/mol. The molecule has 0 unspecified atom stereocenters.